The molecule has 194 valence electrons. The molecule has 1 aromatic heterocycles. The van der Waals surface area contributed by atoms with Crippen LogP contribution in [-0.4, -0.2) is 71.1 Å². The smallest absolute Gasteiger partial charge is 0.273 e. The number of likely N-dealkylation sites (N-methyl/N-ethyl adjacent to an activating group) is 1. The summed E-state index contributed by atoms with van der Waals surface area (Å²) < 4.78 is 12.2. The SMILES string of the molecule is CCN1C(=O)c2c(C(=O)NCCc3ccc(OC)c(OC)c3)ncn2C[C@]1(C)C(=O)NC1CCCC1. The number of aromatic nitrogens is 2. The van der Waals surface area contributed by atoms with Gasteiger partial charge in [0.1, 0.15) is 11.2 Å². The van der Waals surface area contributed by atoms with E-state index in [4.69, 9.17) is 9.47 Å². The molecular formula is C26H35N5O5. The summed E-state index contributed by atoms with van der Waals surface area (Å²) in [6.45, 7) is 4.57. The molecule has 2 N–H and O–H groups in total. The van der Waals surface area contributed by atoms with Gasteiger partial charge in [-0.05, 0) is 50.8 Å². The summed E-state index contributed by atoms with van der Waals surface area (Å²) in [6.07, 6.45) is 6.18. The lowest BCUT2D eigenvalue weighted by molar-refractivity contribution is -0.133. The number of amides is 3. The van der Waals surface area contributed by atoms with Crippen LogP contribution in [0.3, 0.4) is 0 Å². The number of carbonyl (C=O) groups is 3. The van der Waals surface area contributed by atoms with E-state index in [0.29, 0.717) is 31.0 Å². The molecular weight excluding hydrogens is 462 g/mol. The number of ether oxygens (including phenoxy) is 2. The lowest BCUT2D eigenvalue weighted by Crippen LogP contribution is -2.64. The molecule has 1 saturated carbocycles. The Morgan fingerprint density at radius 2 is 1.89 bits per heavy atom. The van der Waals surface area contributed by atoms with Gasteiger partial charge in [0.25, 0.3) is 11.8 Å². The van der Waals surface area contributed by atoms with Crippen molar-refractivity contribution in [3.05, 3.63) is 41.5 Å². The van der Waals surface area contributed by atoms with Crippen molar-refractivity contribution in [1.82, 2.24) is 25.1 Å². The number of methoxy groups -OCH3 is 2. The van der Waals surface area contributed by atoms with Crippen LogP contribution in [0.15, 0.2) is 24.5 Å². The maximum atomic E-state index is 13.5. The lowest BCUT2D eigenvalue weighted by atomic mass is 9.94. The zero-order valence-corrected chi connectivity index (χ0v) is 21.4. The molecule has 1 aliphatic carbocycles. The number of hydrogen-bond donors (Lipinski definition) is 2. The standard InChI is InChI=1S/C26H35N5O5/c1-5-31-24(33)22-21(23(32)27-13-12-17-10-11-19(35-3)20(14-17)36-4)28-16-30(22)15-26(31,2)25(34)29-18-8-6-7-9-18/h10-11,14,16,18H,5-9,12-13,15H2,1-4H3,(H,27,32)(H,29,34)/t26-/m1/s1. The van der Waals surface area contributed by atoms with Gasteiger partial charge in [0.05, 0.1) is 27.1 Å². The Labute approximate surface area is 211 Å². The van der Waals surface area contributed by atoms with Gasteiger partial charge in [-0.1, -0.05) is 18.9 Å². The van der Waals surface area contributed by atoms with Crippen molar-refractivity contribution in [3.8, 4) is 11.5 Å². The Hall–Kier alpha value is -3.56. The molecule has 10 nitrogen and oxygen atoms in total. The lowest BCUT2D eigenvalue weighted by Gasteiger charge is -2.43. The molecule has 2 aromatic rings. The fourth-order valence-corrected chi connectivity index (χ4v) is 5.20. The van der Waals surface area contributed by atoms with Crippen LogP contribution in [0.2, 0.25) is 0 Å². The third kappa shape index (κ3) is 4.76. The molecule has 2 aliphatic rings. The molecule has 0 spiro atoms. The number of benzene rings is 1. The zero-order valence-electron chi connectivity index (χ0n) is 21.4. The zero-order chi connectivity index (χ0) is 25.9. The van der Waals surface area contributed by atoms with Crippen LogP contribution < -0.4 is 20.1 Å². The van der Waals surface area contributed by atoms with Crippen molar-refractivity contribution in [2.75, 3.05) is 27.3 Å². The van der Waals surface area contributed by atoms with Crippen LogP contribution in [0, 0.1) is 0 Å². The third-order valence-electron chi connectivity index (χ3n) is 7.22. The summed E-state index contributed by atoms with van der Waals surface area (Å²) in [5.41, 5.74) is 0.205. The molecule has 1 aliphatic heterocycles. The number of hydrogen-bond acceptors (Lipinski definition) is 6. The number of nitrogens with one attached hydrogen (secondary N) is 2. The Morgan fingerprint density at radius 3 is 2.56 bits per heavy atom. The monoisotopic (exact) mass is 497 g/mol. The highest BCUT2D eigenvalue weighted by Crippen LogP contribution is 2.30. The van der Waals surface area contributed by atoms with E-state index in [9.17, 15) is 14.4 Å². The number of rotatable bonds is 9. The number of imidazole rings is 1. The first-order chi connectivity index (χ1) is 17.3. The summed E-state index contributed by atoms with van der Waals surface area (Å²) in [6, 6.07) is 5.74. The molecule has 0 radical (unpaired) electrons. The Morgan fingerprint density at radius 1 is 1.17 bits per heavy atom. The normalized spacial score (nSPS) is 19.7. The third-order valence-corrected chi connectivity index (χ3v) is 7.22. The van der Waals surface area contributed by atoms with Crippen molar-refractivity contribution in [2.24, 2.45) is 0 Å². The first-order valence-electron chi connectivity index (χ1n) is 12.5. The summed E-state index contributed by atoms with van der Waals surface area (Å²) in [4.78, 5) is 45.5. The summed E-state index contributed by atoms with van der Waals surface area (Å²) in [5.74, 6) is 0.306. The van der Waals surface area contributed by atoms with Gasteiger partial charge in [-0.3, -0.25) is 14.4 Å². The van der Waals surface area contributed by atoms with E-state index in [1.165, 1.54) is 6.33 Å². The molecule has 10 heteroatoms. The molecule has 3 amide bonds. The highest BCUT2D eigenvalue weighted by atomic mass is 16.5. The molecule has 2 heterocycles. The molecule has 1 atom stereocenters. The van der Waals surface area contributed by atoms with Gasteiger partial charge < -0.3 is 29.6 Å². The van der Waals surface area contributed by atoms with Crippen LogP contribution >= 0.6 is 0 Å². The van der Waals surface area contributed by atoms with Gasteiger partial charge >= 0.3 is 0 Å². The molecule has 4 rings (SSSR count). The fraction of sp³-hybridized carbons (Fsp3) is 0.538. The van der Waals surface area contributed by atoms with E-state index >= 15 is 0 Å². The molecule has 36 heavy (non-hydrogen) atoms. The highest BCUT2D eigenvalue weighted by Gasteiger charge is 2.48. The van der Waals surface area contributed by atoms with Crippen LogP contribution in [-0.2, 0) is 17.8 Å². The average Bonchev–Trinajstić information content (AvgIpc) is 3.54. The van der Waals surface area contributed by atoms with Gasteiger partial charge in [-0.15, -0.1) is 0 Å². The van der Waals surface area contributed by atoms with Gasteiger partial charge in [-0.25, -0.2) is 4.98 Å². The second-order valence-corrected chi connectivity index (χ2v) is 9.54. The molecule has 0 bridgehead atoms. The van der Waals surface area contributed by atoms with E-state index in [0.717, 1.165) is 31.2 Å². The predicted molar refractivity (Wildman–Crippen MR) is 133 cm³/mol. The number of fused-ring (bicyclic) bond motifs is 1. The maximum Gasteiger partial charge on any atom is 0.273 e. The Bertz CT molecular complexity index is 1140. The minimum absolute atomic E-state index is 0.0732. The Balaban J connectivity index is 1.46. The van der Waals surface area contributed by atoms with Crippen LogP contribution in [0.1, 0.15) is 66.1 Å². The minimum Gasteiger partial charge on any atom is -0.493 e. The van der Waals surface area contributed by atoms with Gasteiger partial charge in [0.2, 0.25) is 5.91 Å². The average molecular weight is 498 g/mol. The minimum atomic E-state index is -1.05. The topological polar surface area (TPSA) is 115 Å². The van der Waals surface area contributed by atoms with Gasteiger partial charge in [-0.2, -0.15) is 0 Å². The van der Waals surface area contributed by atoms with Crippen molar-refractivity contribution in [2.45, 2.75) is 64.1 Å². The van der Waals surface area contributed by atoms with E-state index in [2.05, 4.69) is 15.6 Å². The van der Waals surface area contributed by atoms with Crippen molar-refractivity contribution in [1.29, 1.82) is 0 Å². The van der Waals surface area contributed by atoms with E-state index in [-0.39, 0.29) is 35.8 Å². The number of nitrogens with zero attached hydrogens (tertiary/aromatic N) is 3. The quantitative estimate of drug-likeness (QED) is 0.549. The predicted octanol–water partition coefficient (Wildman–Crippen LogP) is 2.17. The maximum absolute atomic E-state index is 13.5. The largest absolute Gasteiger partial charge is 0.493 e. The molecule has 1 fully saturated rings. The second kappa shape index (κ2) is 10.6. The van der Waals surface area contributed by atoms with Crippen LogP contribution in [0.25, 0.3) is 0 Å². The number of carbonyl (C=O) groups excluding carboxylic acids is 3. The van der Waals surface area contributed by atoms with Crippen molar-refractivity contribution < 1.29 is 23.9 Å². The van der Waals surface area contributed by atoms with Gasteiger partial charge in [0, 0.05) is 19.1 Å². The van der Waals surface area contributed by atoms with E-state index in [1.54, 1.807) is 30.6 Å². The Kier molecular flexibility index (Phi) is 7.51. The summed E-state index contributed by atoms with van der Waals surface area (Å²) >= 11 is 0. The van der Waals surface area contributed by atoms with E-state index in [1.807, 2.05) is 25.1 Å². The van der Waals surface area contributed by atoms with E-state index < -0.39 is 11.4 Å². The van der Waals surface area contributed by atoms with Crippen molar-refractivity contribution in [3.63, 3.8) is 0 Å². The van der Waals surface area contributed by atoms with Gasteiger partial charge in [0.15, 0.2) is 17.2 Å². The molecule has 0 unspecified atom stereocenters. The summed E-state index contributed by atoms with van der Waals surface area (Å²) in [5, 5.41) is 5.99. The van der Waals surface area contributed by atoms with Crippen LogP contribution in [0.4, 0.5) is 0 Å². The molecule has 0 saturated heterocycles. The first kappa shape index (κ1) is 25.5. The first-order valence-corrected chi connectivity index (χ1v) is 12.5. The molecule has 1 aromatic carbocycles. The van der Waals surface area contributed by atoms with Crippen molar-refractivity contribution >= 4 is 17.7 Å². The fourth-order valence-electron chi connectivity index (χ4n) is 5.20. The summed E-state index contributed by atoms with van der Waals surface area (Å²) in [7, 11) is 3.15. The highest BCUT2D eigenvalue weighted by molar-refractivity contribution is 6.07. The second-order valence-electron chi connectivity index (χ2n) is 9.54. The van der Waals surface area contributed by atoms with Crippen LogP contribution in [0.5, 0.6) is 11.5 Å².